The zero-order chi connectivity index (χ0) is 24.0. The number of hydrogen-bond donors (Lipinski definition) is 2. The van der Waals surface area contributed by atoms with Gasteiger partial charge < -0.3 is 19.9 Å². The van der Waals surface area contributed by atoms with E-state index in [2.05, 4.69) is 20.8 Å². The van der Waals surface area contributed by atoms with Gasteiger partial charge in [-0.1, -0.05) is 29.5 Å². The third kappa shape index (κ3) is 6.07. The van der Waals surface area contributed by atoms with Crippen LogP contribution in [0.2, 0.25) is 0 Å². The van der Waals surface area contributed by atoms with Crippen LogP contribution in [-0.2, 0) is 18.4 Å². The molecule has 2 amide bonds. The van der Waals surface area contributed by atoms with Crippen LogP contribution in [0.4, 0.5) is 11.4 Å². The largest absolute Gasteiger partial charge is 0.496 e. The predicted molar refractivity (Wildman–Crippen MR) is 122 cm³/mol. The Morgan fingerprint density at radius 2 is 2.00 bits per heavy atom. The van der Waals surface area contributed by atoms with Crippen molar-refractivity contribution in [3.05, 3.63) is 69.5 Å². The number of aromatic nitrogens is 3. The third-order valence-corrected chi connectivity index (χ3v) is 5.64. The van der Waals surface area contributed by atoms with Crippen molar-refractivity contribution in [1.29, 1.82) is 0 Å². The highest BCUT2D eigenvalue weighted by Crippen LogP contribution is 2.29. The number of hydrogen-bond acceptors (Lipinski definition) is 8. The van der Waals surface area contributed by atoms with Crippen LogP contribution < -0.4 is 15.4 Å². The maximum absolute atomic E-state index is 12.3. The van der Waals surface area contributed by atoms with E-state index >= 15 is 0 Å². The van der Waals surface area contributed by atoms with E-state index in [1.807, 2.05) is 19.1 Å². The molecule has 12 heteroatoms. The first-order valence-electron chi connectivity index (χ1n) is 9.76. The number of nitrogens with zero attached hydrogens (tertiary/aromatic N) is 4. The Kier molecular flexibility index (Phi) is 7.61. The number of amides is 2. The molecule has 3 rings (SSSR count). The first-order valence-corrected chi connectivity index (χ1v) is 10.7. The minimum absolute atomic E-state index is 0.0369. The molecule has 1 heterocycles. The standard InChI is InChI=1S/C21H22N6O5S/c1-13-5-4-6-14(9-13)20(29)22-11-18-24-25-21(26(18)2)33-12-19(28)23-16-8-7-15(32-3)10-17(16)27(30)31/h4-10H,11-12H2,1-3H3,(H,22,29)(H,23,28). The fourth-order valence-corrected chi connectivity index (χ4v) is 3.61. The minimum atomic E-state index is -0.592. The molecule has 0 unspecified atom stereocenters. The van der Waals surface area contributed by atoms with Gasteiger partial charge in [-0.3, -0.25) is 19.7 Å². The lowest BCUT2D eigenvalue weighted by Crippen LogP contribution is -2.24. The van der Waals surface area contributed by atoms with Crippen molar-refractivity contribution in [3.63, 3.8) is 0 Å². The Balaban J connectivity index is 1.57. The fourth-order valence-electron chi connectivity index (χ4n) is 2.88. The van der Waals surface area contributed by atoms with Crippen LogP contribution in [0, 0.1) is 17.0 Å². The van der Waals surface area contributed by atoms with Gasteiger partial charge in [0.1, 0.15) is 11.4 Å². The highest BCUT2D eigenvalue weighted by molar-refractivity contribution is 7.99. The van der Waals surface area contributed by atoms with Crippen LogP contribution in [0.5, 0.6) is 5.75 Å². The fraction of sp³-hybridized carbons (Fsp3) is 0.238. The second-order valence-corrected chi connectivity index (χ2v) is 7.93. The summed E-state index contributed by atoms with van der Waals surface area (Å²) in [6.45, 7) is 2.08. The average molecular weight is 471 g/mol. The molecule has 1 aromatic heterocycles. The van der Waals surface area contributed by atoms with E-state index in [-0.39, 0.29) is 29.6 Å². The summed E-state index contributed by atoms with van der Waals surface area (Å²) in [5, 5.41) is 25.2. The number of ether oxygens (including phenoxy) is 1. The number of nitro groups is 1. The first kappa shape index (κ1) is 23.7. The van der Waals surface area contributed by atoms with Crippen LogP contribution in [0.15, 0.2) is 47.6 Å². The third-order valence-electron chi connectivity index (χ3n) is 4.62. The normalized spacial score (nSPS) is 10.5. The Labute approximate surface area is 193 Å². The lowest BCUT2D eigenvalue weighted by molar-refractivity contribution is -0.384. The molecule has 0 bridgehead atoms. The number of nitrogens with one attached hydrogen (secondary N) is 2. The summed E-state index contributed by atoms with van der Waals surface area (Å²) in [5.41, 5.74) is 1.34. The number of thioether (sulfide) groups is 1. The van der Waals surface area contributed by atoms with Crippen molar-refractivity contribution in [1.82, 2.24) is 20.1 Å². The number of benzene rings is 2. The van der Waals surface area contributed by atoms with Gasteiger partial charge in [0.2, 0.25) is 5.91 Å². The highest BCUT2D eigenvalue weighted by atomic mass is 32.2. The number of carbonyl (C=O) groups is 2. The average Bonchev–Trinajstić information content (AvgIpc) is 3.15. The van der Waals surface area contributed by atoms with Crippen molar-refractivity contribution in [3.8, 4) is 5.75 Å². The lowest BCUT2D eigenvalue weighted by atomic mass is 10.1. The van der Waals surface area contributed by atoms with Crippen LogP contribution in [0.1, 0.15) is 21.7 Å². The number of carbonyl (C=O) groups excluding carboxylic acids is 2. The molecule has 0 aliphatic carbocycles. The molecule has 0 saturated carbocycles. The molecule has 0 spiro atoms. The van der Waals surface area contributed by atoms with Crippen molar-refractivity contribution < 1.29 is 19.2 Å². The van der Waals surface area contributed by atoms with Gasteiger partial charge in [-0.2, -0.15) is 0 Å². The molecule has 2 aromatic carbocycles. The van der Waals surface area contributed by atoms with E-state index in [1.54, 1.807) is 23.7 Å². The molecule has 0 aliphatic rings. The Hall–Kier alpha value is -3.93. The predicted octanol–water partition coefficient (Wildman–Crippen LogP) is 2.70. The maximum atomic E-state index is 12.3. The van der Waals surface area contributed by atoms with E-state index in [1.165, 1.54) is 25.3 Å². The van der Waals surface area contributed by atoms with Gasteiger partial charge in [0, 0.05) is 12.6 Å². The molecule has 2 N–H and O–H groups in total. The Bertz CT molecular complexity index is 1200. The molecule has 33 heavy (non-hydrogen) atoms. The van der Waals surface area contributed by atoms with Gasteiger partial charge in [-0.05, 0) is 31.2 Å². The first-order chi connectivity index (χ1) is 15.8. The van der Waals surface area contributed by atoms with Crippen LogP contribution in [-0.4, -0.2) is 44.4 Å². The molecular weight excluding hydrogens is 448 g/mol. The van der Waals surface area contributed by atoms with Crippen molar-refractivity contribution in [2.45, 2.75) is 18.6 Å². The smallest absolute Gasteiger partial charge is 0.296 e. The van der Waals surface area contributed by atoms with E-state index < -0.39 is 10.8 Å². The van der Waals surface area contributed by atoms with Crippen molar-refractivity contribution in [2.75, 3.05) is 18.2 Å². The Morgan fingerprint density at radius 1 is 1.21 bits per heavy atom. The molecule has 3 aromatic rings. The Morgan fingerprint density at radius 3 is 2.70 bits per heavy atom. The summed E-state index contributed by atoms with van der Waals surface area (Å²) in [7, 11) is 3.12. The lowest BCUT2D eigenvalue weighted by Gasteiger charge is -2.08. The molecule has 0 fully saturated rings. The second-order valence-electron chi connectivity index (χ2n) is 6.99. The zero-order valence-electron chi connectivity index (χ0n) is 18.2. The number of aryl methyl sites for hydroxylation is 1. The number of rotatable bonds is 9. The van der Waals surface area contributed by atoms with Gasteiger partial charge in [-0.15, -0.1) is 10.2 Å². The van der Waals surface area contributed by atoms with Crippen LogP contribution in [0.25, 0.3) is 0 Å². The summed E-state index contributed by atoms with van der Waals surface area (Å²) < 4.78 is 6.66. The molecule has 11 nitrogen and oxygen atoms in total. The highest BCUT2D eigenvalue weighted by Gasteiger charge is 2.18. The van der Waals surface area contributed by atoms with Gasteiger partial charge in [0.25, 0.3) is 11.6 Å². The molecule has 0 atom stereocenters. The van der Waals surface area contributed by atoms with Gasteiger partial charge in [0.15, 0.2) is 11.0 Å². The quantitative estimate of drug-likeness (QED) is 0.276. The van der Waals surface area contributed by atoms with E-state index in [9.17, 15) is 19.7 Å². The molecule has 172 valence electrons. The number of anilines is 1. The van der Waals surface area contributed by atoms with E-state index in [4.69, 9.17) is 4.74 Å². The molecular formula is C21H22N6O5S. The minimum Gasteiger partial charge on any atom is -0.496 e. The number of methoxy groups -OCH3 is 1. The molecule has 0 aliphatic heterocycles. The summed E-state index contributed by atoms with van der Waals surface area (Å²) in [6, 6.07) is 11.4. The van der Waals surface area contributed by atoms with E-state index in [0.717, 1.165) is 17.3 Å². The summed E-state index contributed by atoms with van der Waals surface area (Å²) in [4.78, 5) is 35.3. The second kappa shape index (κ2) is 10.6. The number of nitro benzene ring substituents is 1. The van der Waals surface area contributed by atoms with Gasteiger partial charge in [-0.25, -0.2) is 0 Å². The monoisotopic (exact) mass is 470 g/mol. The summed E-state index contributed by atoms with van der Waals surface area (Å²) in [5.74, 6) is 0.131. The summed E-state index contributed by atoms with van der Waals surface area (Å²) >= 11 is 1.12. The maximum Gasteiger partial charge on any atom is 0.296 e. The van der Waals surface area contributed by atoms with Crippen LogP contribution in [0.3, 0.4) is 0 Å². The molecule has 0 radical (unpaired) electrons. The van der Waals surface area contributed by atoms with Crippen molar-refractivity contribution >= 4 is 35.0 Å². The zero-order valence-corrected chi connectivity index (χ0v) is 19.0. The van der Waals surface area contributed by atoms with Gasteiger partial charge in [0.05, 0.1) is 30.4 Å². The van der Waals surface area contributed by atoms with Crippen LogP contribution >= 0.6 is 11.8 Å². The SMILES string of the molecule is COc1ccc(NC(=O)CSc2nnc(CNC(=O)c3cccc(C)c3)n2C)c([N+](=O)[O-])c1. The van der Waals surface area contributed by atoms with Gasteiger partial charge >= 0.3 is 0 Å². The van der Waals surface area contributed by atoms with E-state index in [0.29, 0.717) is 22.3 Å². The summed E-state index contributed by atoms with van der Waals surface area (Å²) in [6.07, 6.45) is 0. The topological polar surface area (TPSA) is 141 Å². The van der Waals surface area contributed by atoms with Crippen molar-refractivity contribution in [2.24, 2.45) is 7.05 Å². The molecule has 0 saturated heterocycles.